The molecule has 0 unspecified atom stereocenters. The standard InChI is InChI=1S/C19H24N2/c1-20-12-18-14-21(13-16-8-4-2-5-9-16)15-19(18)17-10-6-3-7-11-17/h2-11,18-20H,12-15H2,1H3/t18-,19+/m1/s1. The Hall–Kier alpha value is -1.64. The first-order valence-corrected chi connectivity index (χ1v) is 7.82. The fourth-order valence-corrected chi connectivity index (χ4v) is 3.48. The van der Waals surface area contributed by atoms with Crippen LogP contribution in [-0.4, -0.2) is 31.6 Å². The maximum atomic E-state index is 3.37. The number of likely N-dealkylation sites (tertiary alicyclic amines) is 1. The zero-order valence-electron chi connectivity index (χ0n) is 12.7. The maximum absolute atomic E-state index is 3.37. The molecule has 2 nitrogen and oxygen atoms in total. The summed E-state index contributed by atoms with van der Waals surface area (Å²) in [5.74, 6) is 1.34. The van der Waals surface area contributed by atoms with Gasteiger partial charge in [-0.25, -0.2) is 0 Å². The maximum Gasteiger partial charge on any atom is 0.0234 e. The van der Waals surface area contributed by atoms with Gasteiger partial charge in [0.1, 0.15) is 0 Å². The Morgan fingerprint density at radius 3 is 2.29 bits per heavy atom. The molecule has 1 N–H and O–H groups in total. The highest BCUT2D eigenvalue weighted by molar-refractivity contribution is 5.23. The molecule has 2 aromatic rings. The van der Waals surface area contributed by atoms with Crippen LogP contribution in [0.3, 0.4) is 0 Å². The van der Waals surface area contributed by atoms with Crippen LogP contribution in [-0.2, 0) is 6.54 Å². The number of rotatable bonds is 5. The van der Waals surface area contributed by atoms with E-state index in [4.69, 9.17) is 0 Å². The van der Waals surface area contributed by atoms with E-state index in [1.54, 1.807) is 0 Å². The molecule has 0 aliphatic carbocycles. The Labute approximate surface area is 127 Å². The van der Waals surface area contributed by atoms with Crippen LogP contribution < -0.4 is 5.32 Å². The Morgan fingerprint density at radius 2 is 1.62 bits per heavy atom. The van der Waals surface area contributed by atoms with E-state index in [-0.39, 0.29) is 0 Å². The van der Waals surface area contributed by atoms with Crippen LogP contribution in [0.2, 0.25) is 0 Å². The van der Waals surface area contributed by atoms with Gasteiger partial charge in [-0.2, -0.15) is 0 Å². The van der Waals surface area contributed by atoms with Crippen molar-refractivity contribution in [2.45, 2.75) is 12.5 Å². The number of nitrogens with one attached hydrogen (secondary N) is 1. The summed E-state index contributed by atoms with van der Waals surface area (Å²) in [6, 6.07) is 21.8. The van der Waals surface area contributed by atoms with Crippen molar-refractivity contribution in [1.29, 1.82) is 0 Å². The van der Waals surface area contributed by atoms with Gasteiger partial charge in [-0.15, -0.1) is 0 Å². The lowest BCUT2D eigenvalue weighted by atomic mass is 9.89. The Balaban J connectivity index is 1.72. The number of nitrogens with zero attached hydrogens (tertiary/aromatic N) is 1. The molecule has 0 radical (unpaired) electrons. The van der Waals surface area contributed by atoms with Crippen LogP contribution in [0.25, 0.3) is 0 Å². The lowest BCUT2D eigenvalue weighted by Gasteiger charge is -2.18. The molecule has 0 amide bonds. The normalized spacial score (nSPS) is 22.5. The third kappa shape index (κ3) is 3.52. The fourth-order valence-electron chi connectivity index (χ4n) is 3.48. The number of benzene rings is 2. The lowest BCUT2D eigenvalue weighted by molar-refractivity contribution is 0.315. The van der Waals surface area contributed by atoms with Gasteiger partial charge in [0.2, 0.25) is 0 Å². The Bertz CT molecular complexity index is 538. The van der Waals surface area contributed by atoms with Gasteiger partial charge in [0.05, 0.1) is 0 Å². The van der Waals surface area contributed by atoms with Crippen molar-refractivity contribution in [3.05, 3.63) is 71.8 Å². The van der Waals surface area contributed by atoms with Crippen molar-refractivity contribution in [3.63, 3.8) is 0 Å². The molecule has 2 aromatic carbocycles. The van der Waals surface area contributed by atoms with Crippen LogP contribution >= 0.6 is 0 Å². The Kier molecular flexibility index (Phi) is 4.69. The summed E-state index contributed by atoms with van der Waals surface area (Å²) in [6.45, 7) is 4.48. The van der Waals surface area contributed by atoms with Crippen molar-refractivity contribution < 1.29 is 0 Å². The summed E-state index contributed by atoms with van der Waals surface area (Å²) >= 11 is 0. The monoisotopic (exact) mass is 280 g/mol. The van der Waals surface area contributed by atoms with Crippen LogP contribution in [0.5, 0.6) is 0 Å². The molecule has 2 heteroatoms. The highest BCUT2D eigenvalue weighted by Gasteiger charge is 2.32. The van der Waals surface area contributed by atoms with Crippen LogP contribution in [0, 0.1) is 5.92 Å². The molecule has 1 aliphatic heterocycles. The van der Waals surface area contributed by atoms with E-state index in [9.17, 15) is 0 Å². The second-order valence-electron chi connectivity index (χ2n) is 6.01. The van der Waals surface area contributed by atoms with Crippen LogP contribution in [0.1, 0.15) is 17.0 Å². The molecule has 0 bridgehead atoms. The third-order valence-electron chi connectivity index (χ3n) is 4.46. The summed E-state index contributed by atoms with van der Waals surface area (Å²) < 4.78 is 0. The quantitative estimate of drug-likeness (QED) is 0.905. The highest BCUT2D eigenvalue weighted by Crippen LogP contribution is 2.32. The third-order valence-corrected chi connectivity index (χ3v) is 4.46. The Morgan fingerprint density at radius 1 is 0.952 bits per heavy atom. The first-order chi connectivity index (χ1) is 10.4. The van der Waals surface area contributed by atoms with Crippen molar-refractivity contribution in [1.82, 2.24) is 10.2 Å². The zero-order chi connectivity index (χ0) is 14.5. The zero-order valence-corrected chi connectivity index (χ0v) is 12.7. The summed E-state index contributed by atoms with van der Waals surface area (Å²) in [6.07, 6.45) is 0. The molecule has 21 heavy (non-hydrogen) atoms. The van der Waals surface area contributed by atoms with Crippen LogP contribution in [0.15, 0.2) is 60.7 Å². The predicted molar refractivity (Wildman–Crippen MR) is 88.3 cm³/mol. The topological polar surface area (TPSA) is 15.3 Å². The first-order valence-electron chi connectivity index (χ1n) is 7.82. The molecule has 3 rings (SSSR count). The van der Waals surface area contributed by atoms with Crippen molar-refractivity contribution >= 4 is 0 Å². The summed E-state index contributed by atoms with van der Waals surface area (Å²) in [7, 11) is 2.06. The smallest absolute Gasteiger partial charge is 0.0234 e. The molecule has 0 saturated carbocycles. The van der Waals surface area contributed by atoms with Gasteiger partial charge in [-0.1, -0.05) is 60.7 Å². The second kappa shape index (κ2) is 6.88. The minimum atomic E-state index is 0.641. The van der Waals surface area contributed by atoms with E-state index < -0.39 is 0 Å². The van der Waals surface area contributed by atoms with Gasteiger partial charge in [-0.3, -0.25) is 4.90 Å². The molecular formula is C19H24N2. The molecule has 1 fully saturated rings. The molecule has 1 saturated heterocycles. The van der Waals surface area contributed by atoms with Crippen molar-refractivity contribution in [3.8, 4) is 0 Å². The molecule has 0 spiro atoms. The average Bonchev–Trinajstić information content (AvgIpc) is 2.92. The van der Waals surface area contributed by atoms with Gasteiger partial charge >= 0.3 is 0 Å². The molecule has 2 atom stereocenters. The molecular weight excluding hydrogens is 256 g/mol. The largest absolute Gasteiger partial charge is 0.319 e. The van der Waals surface area contributed by atoms with E-state index in [0.717, 1.165) is 19.6 Å². The molecule has 0 aromatic heterocycles. The van der Waals surface area contributed by atoms with E-state index in [1.807, 2.05) is 0 Å². The minimum absolute atomic E-state index is 0.641. The van der Waals surface area contributed by atoms with Gasteiger partial charge in [-0.05, 0) is 30.6 Å². The van der Waals surface area contributed by atoms with Gasteiger partial charge in [0, 0.05) is 25.6 Å². The van der Waals surface area contributed by atoms with Crippen molar-refractivity contribution in [2.24, 2.45) is 5.92 Å². The van der Waals surface area contributed by atoms with Crippen LogP contribution in [0.4, 0.5) is 0 Å². The molecule has 1 heterocycles. The molecule has 110 valence electrons. The van der Waals surface area contributed by atoms with E-state index in [2.05, 4.69) is 77.9 Å². The highest BCUT2D eigenvalue weighted by atomic mass is 15.2. The second-order valence-corrected chi connectivity index (χ2v) is 6.01. The molecule has 1 aliphatic rings. The first kappa shape index (κ1) is 14.3. The number of hydrogen-bond acceptors (Lipinski definition) is 2. The lowest BCUT2D eigenvalue weighted by Crippen LogP contribution is -2.25. The summed E-state index contributed by atoms with van der Waals surface area (Å²) in [4.78, 5) is 2.59. The SMILES string of the molecule is CNC[C@@H]1CN(Cc2ccccc2)C[C@H]1c1ccccc1. The van der Waals surface area contributed by atoms with Gasteiger partial charge < -0.3 is 5.32 Å². The van der Waals surface area contributed by atoms with E-state index in [0.29, 0.717) is 11.8 Å². The van der Waals surface area contributed by atoms with E-state index >= 15 is 0 Å². The van der Waals surface area contributed by atoms with Gasteiger partial charge in [0.15, 0.2) is 0 Å². The van der Waals surface area contributed by atoms with E-state index in [1.165, 1.54) is 17.7 Å². The number of hydrogen-bond donors (Lipinski definition) is 1. The minimum Gasteiger partial charge on any atom is -0.319 e. The van der Waals surface area contributed by atoms with Gasteiger partial charge in [0.25, 0.3) is 0 Å². The average molecular weight is 280 g/mol. The fraction of sp³-hybridized carbons (Fsp3) is 0.368. The predicted octanol–water partition coefficient (Wildman–Crippen LogP) is 3.12. The van der Waals surface area contributed by atoms with Crippen molar-refractivity contribution in [2.75, 3.05) is 26.7 Å². The summed E-state index contributed by atoms with van der Waals surface area (Å²) in [5, 5.41) is 3.37. The summed E-state index contributed by atoms with van der Waals surface area (Å²) in [5.41, 5.74) is 2.89.